The monoisotopic (exact) mass is 208 g/mol. The summed E-state index contributed by atoms with van der Waals surface area (Å²) in [5, 5.41) is 9.88. The van der Waals surface area contributed by atoms with Crippen molar-refractivity contribution in [2.75, 3.05) is 0 Å². The Kier molecular flexibility index (Phi) is 2.03. The average Bonchev–Trinajstić information content (AvgIpc) is 2.77. The maximum absolute atomic E-state index is 9.88. The van der Waals surface area contributed by atoms with Gasteiger partial charge >= 0.3 is 0 Å². The highest BCUT2D eigenvalue weighted by Crippen LogP contribution is 2.39. The predicted octanol–water partition coefficient (Wildman–Crippen LogP) is 3.47. The van der Waals surface area contributed by atoms with Gasteiger partial charge in [-0.2, -0.15) is 0 Å². The number of rotatable bonds is 1. The van der Waals surface area contributed by atoms with Gasteiger partial charge in [-0.1, -0.05) is 54.7 Å². The van der Waals surface area contributed by atoms with Gasteiger partial charge in [0.2, 0.25) is 0 Å². The number of hydrogen-bond acceptors (Lipinski definition) is 1. The maximum Gasteiger partial charge on any atom is 0.119 e. The van der Waals surface area contributed by atoms with Gasteiger partial charge in [-0.05, 0) is 17.2 Å². The normalized spacial score (nSPS) is 21.6. The molecule has 1 N–H and O–H groups in total. The van der Waals surface area contributed by atoms with Crippen molar-refractivity contribution in [2.24, 2.45) is 0 Å². The Morgan fingerprint density at radius 2 is 1.88 bits per heavy atom. The number of para-hydroxylation sites is 1. The Labute approximate surface area is 94.7 Å². The molecular weight excluding hydrogens is 196 g/mol. The third-order valence-electron chi connectivity index (χ3n) is 3.07. The van der Waals surface area contributed by atoms with Crippen LogP contribution in [0.3, 0.4) is 0 Å². The Balaban J connectivity index is 2.07. The molecular formula is C15H12O. The van der Waals surface area contributed by atoms with Crippen LogP contribution in [0.2, 0.25) is 0 Å². The molecule has 1 atom stereocenters. The van der Waals surface area contributed by atoms with Crippen LogP contribution in [0.4, 0.5) is 0 Å². The maximum atomic E-state index is 9.88. The van der Waals surface area contributed by atoms with Crippen LogP contribution in [-0.4, -0.2) is 5.11 Å². The molecule has 0 fully saturated rings. The molecule has 1 aromatic rings. The third kappa shape index (κ3) is 1.33. The van der Waals surface area contributed by atoms with Gasteiger partial charge in [-0.15, -0.1) is 0 Å². The molecule has 0 saturated heterocycles. The van der Waals surface area contributed by atoms with Gasteiger partial charge in [-0.25, -0.2) is 0 Å². The highest BCUT2D eigenvalue weighted by molar-refractivity contribution is 5.60. The number of fused-ring (bicyclic) bond motifs is 1. The summed E-state index contributed by atoms with van der Waals surface area (Å²) >= 11 is 0. The van der Waals surface area contributed by atoms with E-state index >= 15 is 0 Å². The Hall–Kier alpha value is -2.02. The van der Waals surface area contributed by atoms with Crippen molar-refractivity contribution >= 4 is 0 Å². The Morgan fingerprint density at radius 1 is 1.00 bits per heavy atom. The quantitative estimate of drug-likeness (QED) is 0.749. The highest BCUT2D eigenvalue weighted by Gasteiger charge is 2.22. The van der Waals surface area contributed by atoms with E-state index in [1.807, 2.05) is 18.2 Å². The van der Waals surface area contributed by atoms with Gasteiger partial charge < -0.3 is 5.11 Å². The van der Waals surface area contributed by atoms with Crippen LogP contribution in [0.1, 0.15) is 11.5 Å². The lowest BCUT2D eigenvalue weighted by atomic mass is 9.84. The van der Waals surface area contributed by atoms with Crippen molar-refractivity contribution in [3.63, 3.8) is 0 Å². The lowest BCUT2D eigenvalue weighted by Crippen LogP contribution is -2.03. The van der Waals surface area contributed by atoms with Gasteiger partial charge in [0.1, 0.15) is 5.75 Å². The molecule has 0 amide bonds. The molecule has 2 aliphatic carbocycles. The number of phenols is 1. The topological polar surface area (TPSA) is 20.2 Å². The van der Waals surface area contributed by atoms with E-state index in [-0.39, 0.29) is 5.92 Å². The standard InChI is InChI=1S/C15H12O/c16-15-10-2-1-7-14(15)13-9-4-6-11-5-3-8-12(11)13/h1-10,13,16H. The highest BCUT2D eigenvalue weighted by atomic mass is 16.3. The smallest absolute Gasteiger partial charge is 0.119 e. The average molecular weight is 208 g/mol. The molecule has 0 aromatic heterocycles. The zero-order valence-electron chi connectivity index (χ0n) is 8.80. The van der Waals surface area contributed by atoms with E-state index < -0.39 is 0 Å². The zero-order chi connectivity index (χ0) is 11.0. The largest absolute Gasteiger partial charge is 0.508 e. The molecule has 3 rings (SSSR count). The molecule has 1 unspecified atom stereocenters. The minimum atomic E-state index is 0.177. The zero-order valence-corrected chi connectivity index (χ0v) is 8.80. The van der Waals surface area contributed by atoms with Crippen LogP contribution in [-0.2, 0) is 0 Å². The van der Waals surface area contributed by atoms with Crippen LogP contribution in [0.15, 0.2) is 71.9 Å². The molecule has 0 radical (unpaired) electrons. The second kappa shape index (κ2) is 3.53. The molecule has 1 heteroatoms. The van der Waals surface area contributed by atoms with E-state index in [2.05, 4.69) is 36.5 Å². The van der Waals surface area contributed by atoms with E-state index in [1.54, 1.807) is 6.07 Å². The molecule has 0 saturated carbocycles. The number of allylic oxidation sites excluding steroid dienone is 8. The number of aromatic hydroxyl groups is 1. The summed E-state index contributed by atoms with van der Waals surface area (Å²) in [6.07, 6.45) is 12.6. The van der Waals surface area contributed by atoms with Crippen molar-refractivity contribution in [3.8, 4) is 5.75 Å². The van der Waals surface area contributed by atoms with Crippen LogP contribution < -0.4 is 0 Å². The summed E-state index contributed by atoms with van der Waals surface area (Å²) in [6.45, 7) is 0. The number of benzene rings is 1. The summed E-state index contributed by atoms with van der Waals surface area (Å²) in [4.78, 5) is 0. The molecule has 0 bridgehead atoms. The van der Waals surface area contributed by atoms with Crippen molar-refractivity contribution in [2.45, 2.75) is 5.92 Å². The van der Waals surface area contributed by atoms with Crippen LogP contribution in [0, 0.1) is 0 Å². The first-order valence-corrected chi connectivity index (χ1v) is 5.41. The molecule has 78 valence electrons. The fraction of sp³-hybridized carbons (Fsp3) is 0.0667. The first kappa shape index (κ1) is 9.22. The molecule has 2 aliphatic rings. The van der Waals surface area contributed by atoms with Crippen molar-refractivity contribution in [1.29, 1.82) is 0 Å². The van der Waals surface area contributed by atoms with Crippen molar-refractivity contribution in [1.82, 2.24) is 0 Å². The van der Waals surface area contributed by atoms with Crippen LogP contribution in [0.25, 0.3) is 0 Å². The van der Waals surface area contributed by atoms with Gasteiger partial charge in [0.05, 0.1) is 0 Å². The lowest BCUT2D eigenvalue weighted by Gasteiger charge is -2.20. The Bertz CT molecular complexity index is 544. The van der Waals surface area contributed by atoms with E-state index in [0.29, 0.717) is 5.75 Å². The molecule has 16 heavy (non-hydrogen) atoms. The first-order valence-electron chi connectivity index (χ1n) is 5.41. The molecule has 1 aromatic carbocycles. The summed E-state index contributed by atoms with van der Waals surface area (Å²) in [5.74, 6) is 0.544. The van der Waals surface area contributed by atoms with Crippen molar-refractivity contribution in [3.05, 3.63) is 77.4 Å². The Morgan fingerprint density at radius 3 is 2.75 bits per heavy atom. The van der Waals surface area contributed by atoms with Crippen LogP contribution >= 0.6 is 0 Å². The van der Waals surface area contributed by atoms with Gasteiger partial charge in [-0.3, -0.25) is 0 Å². The first-order chi connectivity index (χ1) is 7.86. The number of phenolic OH excluding ortho intramolecular Hbond substituents is 1. The molecule has 0 heterocycles. The fourth-order valence-corrected chi connectivity index (χ4v) is 2.28. The summed E-state index contributed by atoms with van der Waals surface area (Å²) in [7, 11) is 0. The summed E-state index contributed by atoms with van der Waals surface area (Å²) in [5.41, 5.74) is 3.49. The molecule has 0 spiro atoms. The second-order valence-corrected chi connectivity index (χ2v) is 4.02. The number of hydrogen-bond donors (Lipinski definition) is 1. The summed E-state index contributed by atoms with van der Waals surface area (Å²) in [6, 6.07) is 7.53. The van der Waals surface area contributed by atoms with E-state index in [4.69, 9.17) is 0 Å². The molecule has 1 nitrogen and oxygen atoms in total. The van der Waals surface area contributed by atoms with E-state index in [0.717, 1.165) is 5.56 Å². The summed E-state index contributed by atoms with van der Waals surface area (Å²) < 4.78 is 0. The third-order valence-corrected chi connectivity index (χ3v) is 3.07. The second-order valence-electron chi connectivity index (χ2n) is 4.02. The van der Waals surface area contributed by atoms with E-state index in [9.17, 15) is 5.11 Å². The fourth-order valence-electron chi connectivity index (χ4n) is 2.28. The minimum absolute atomic E-state index is 0.177. The van der Waals surface area contributed by atoms with Gasteiger partial charge in [0.25, 0.3) is 0 Å². The van der Waals surface area contributed by atoms with Crippen LogP contribution in [0.5, 0.6) is 5.75 Å². The van der Waals surface area contributed by atoms with Gasteiger partial charge in [0, 0.05) is 11.5 Å². The lowest BCUT2D eigenvalue weighted by molar-refractivity contribution is 0.467. The van der Waals surface area contributed by atoms with Gasteiger partial charge in [0.15, 0.2) is 0 Å². The van der Waals surface area contributed by atoms with Crippen molar-refractivity contribution < 1.29 is 5.11 Å². The minimum Gasteiger partial charge on any atom is -0.508 e. The van der Waals surface area contributed by atoms with E-state index in [1.165, 1.54) is 11.1 Å². The molecule has 0 aliphatic heterocycles. The predicted molar refractivity (Wildman–Crippen MR) is 65.3 cm³/mol. The SMILES string of the molecule is Oc1ccccc1C1C=CC=C2C=CC=C21.